The van der Waals surface area contributed by atoms with E-state index in [1.807, 2.05) is 17.2 Å². The molecule has 3 aliphatic rings. The van der Waals surface area contributed by atoms with Crippen LogP contribution in [0.3, 0.4) is 0 Å². The molecular weight excluding hydrogens is 417 g/mol. The molecule has 2 fully saturated rings. The molecule has 7 heteroatoms. The van der Waals surface area contributed by atoms with Gasteiger partial charge in [0.15, 0.2) is 0 Å². The minimum absolute atomic E-state index is 0.231. The fourth-order valence-corrected chi connectivity index (χ4v) is 5.29. The molecule has 3 aliphatic heterocycles. The normalized spacial score (nSPS) is 21.1. The van der Waals surface area contributed by atoms with Crippen LogP contribution in [0.2, 0.25) is 0 Å². The van der Waals surface area contributed by atoms with Crippen molar-refractivity contribution in [3.63, 3.8) is 0 Å². The number of anilines is 1. The first kappa shape index (κ1) is 22.0. The van der Waals surface area contributed by atoms with Crippen LogP contribution in [0.5, 0.6) is 0 Å². The number of rotatable bonds is 5. The summed E-state index contributed by atoms with van der Waals surface area (Å²) >= 11 is 0. The molecule has 4 heterocycles. The number of aromatic nitrogens is 2. The Morgan fingerprint density at radius 1 is 0.939 bits per heavy atom. The smallest absolute Gasteiger partial charge is 0.229 e. The van der Waals surface area contributed by atoms with Gasteiger partial charge in [-0.15, -0.1) is 0 Å². The first-order valence-electron chi connectivity index (χ1n) is 12.1. The summed E-state index contributed by atoms with van der Waals surface area (Å²) in [5.41, 5.74) is 1.67. The Bertz CT molecular complexity index is 994. The Morgan fingerprint density at radius 2 is 1.70 bits per heavy atom. The van der Waals surface area contributed by atoms with Crippen molar-refractivity contribution in [2.75, 3.05) is 37.6 Å². The second-order valence-electron chi connectivity index (χ2n) is 9.59. The van der Waals surface area contributed by atoms with Gasteiger partial charge in [0.25, 0.3) is 0 Å². The van der Waals surface area contributed by atoms with Gasteiger partial charge in [-0.1, -0.05) is 24.3 Å². The zero-order chi connectivity index (χ0) is 22.7. The average Bonchev–Trinajstić information content (AvgIpc) is 3.34. The summed E-state index contributed by atoms with van der Waals surface area (Å²) < 4.78 is 13.3. The zero-order valence-corrected chi connectivity index (χ0v) is 19.1. The van der Waals surface area contributed by atoms with E-state index >= 15 is 0 Å². The monoisotopic (exact) mass is 449 g/mol. The molecule has 0 saturated carbocycles. The fourth-order valence-electron chi connectivity index (χ4n) is 5.29. The largest absolute Gasteiger partial charge is 0.341 e. The van der Waals surface area contributed by atoms with Gasteiger partial charge in [0.1, 0.15) is 5.82 Å². The van der Waals surface area contributed by atoms with Gasteiger partial charge in [-0.25, -0.2) is 14.4 Å². The van der Waals surface area contributed by atoms with Crippen LogP contribution in [-0.2, 0) is 17.9 Å². The van der Waals surface area contributed by atoms with Gasteiger partial charge in [-0.05, 0) is 69.0 Å². The van der Waals surface area contributed by atoms with Crippen molar-refractivity contribution >= 4 is 11.9 Å². The SMILES string of the molecule is O=C1N(Cc2ccc(F)cc2)CC=CCC12CCN(Cc1ccnc(N3CCCC3)n1)CC2. The number of hydrogen-bond donors (Lipinski definition) is 0. The second-order valence-corrected chi connectivity index (χ2v) is 9.59. The van der Waals surface area contributed by atoms with Gasteiger partial charge in [-0.3, -0.25) is 9.69 Å². The minimum Gasteiger partial charge on any atom is -0.341 e. The van der Waals surface area contributed by atoms with Crippen molar-refractivity contribution < 1.29 is 9.18 Å². The van der Waals surface area contributed by atoms with Crippen molar-refractivity contribution in [3.8, 4) is 0 Å². The standard InChI is InChI=1S/C26H32FN5O/c27-22-7-5-21(6-8-22)19-32-16-2-1-10-26(24(32)33)11-17-30(18-12-26)20-23-9-13-28-25(29-23)31-14-3-4-15-31/h1-2,5-9,13H,3-4,10-12,14-20H2. The van der Waals surface area contributed by atoms with Crippen molar-refractivity contribution in [3.05, 3.63) is 65.8 Å². The number of nitrogens with zero attached hydrogens (tertiary/aromatic N) is 5. The number of amides is 1. The topological polar surface area (TPSA) is 52.6 Å². The molecule has 2 aromatic rings. The Balaban J connectivity index is 1.22. The maximum Gasteiger partial charge on any atom is 0.229 e. The van der Waals surface area contributed by atoms with E-state index in [1.165, 1.54) is 25.0 Å². The van der Waals surface area contributed by atoms with Crippen LogP contribution in [0.25, 0.3) is 0 Å². The highest BCUT2D eigenvalue weighted by atomic mass is 19.1. The molecule has 0 unspecified atom stereocenters. The van der Waals surface area contributed by atoms with E-state index in [0.29, 0.717) is 13.1 Å². The van der Waals surface area contributed by atoms with Gasteiger partial charge in [0, 0.05) is 38.9 Å². The number of benzene rings is 1. The molecule has 5 rings (SSSR count). The molecule has 0 aliphatic carbocycles. The summed E-state index contributed by atoms with van der Waals surface area (Å²) in [6.07, 6.45) is 11.1. The molecule has 6 nitrogen and oxygen atoms in total. The summed E-state index contributed by atoms with van der Waals surface area (Å²) in [5.74, 6) is 0.828. The number of likely N-dealkylation sites (tertiary alicyclic amines) is 1. The molecule has 174 valence electrons. The number of piperidine rings is 1. The van der Waals surface area contributed by atoms with E-state index in [1.54, 1.807) is 12.1 Å². The molecule has 1 amide bonds. The fraction of sp³-hybridized carbons (Fsp3) is 0.500. The van der Waals surface area contributed by atoms with Crippen molar-refractivity contribution in [2.24, 2.45) is 5.41 Å². The van der Waals surface area contributed by atoms with E-state index < -0.39 is 0 Å². The van der Waals surface area contributed by atoms with Crippen LogP contribution >= 0.6 is 0 Å². The number of carbonyl (C=O) groups is 1. The molecule has 1 aromatic heterocycles. The first-order valence-corrected chi connectivity index (χ1v) is 12.1. The quantitative estimate of drug-likeness (QED) is 0.650. The Morgan fingerprint density at radius 3 is 2.45 bits per heavy atom. The van der Waals surface area contributed by atoms with Gasteiger partial charge >= 0.3 is 0 Å². The van der Waals surface area contributed by atoms with E-state index in [0.717, 1.165) is 69.2 Å². The molecule has 0 bridgehead atoms. The second kappa shape index (κ2) is 9.59. The maximum absolute atomic E-state index is 13.6. The molecule has 2 saturated heterocycles. The number of hydrogen-bond acceptors (Lipinski definition) is 5. The molecule has 33 heavy (non-hydrogen) atoms. The first-order chi connectivity index (χ1) is 16.1. The van der Waals surface area contributed by atoms with E-state index in [2.05, 4.69) is 26.9 Å². The Labute approximate surface area is 195 Å². The number of carbonyl (C=O) groups excluding carboxylic acids is 1. The van der Waals surface area contributed by atoms with Crippen LogP contribution in [0.4, 0.5) is 10.3 Å². The predicted molar refractivity (Wildman–Crippen MR) is 126 cm³/mol. The van der Waals surface area contributed by atoms with Crippen LogP contribution in [-0.4, -0.2) is 58.4 Å². The summed E-state index contributed by atoms with van der Waals surface area (Å²) in [7, 11) is 0. The summed E-state index contributed by atoms with van der Waals surface area (Å²) in [5, 5.41) is 0. The summed E-state index contributed by atoms with van der Waals surface area (Å²) in [4.78, 5) is 29.5. The van der Waals surface area contributed by atoms with Gasteiger partial charge in [0.05, 0.1) is 11.1 Å². The van der Waals surface area contributed by atoms with Crippen LogP contribution in [0.1, 0.15) is 43.4 Å². The minimum atomic E-state index is -0.337. The Kier molecular flexibility index (Phi) is 6.40. The highest BCUT2D eigenvalue weighted by molar-refractivity contribution is 5.83. The lowest BCUT2D eigenvalue weighted by Gasteiger charge is -2.42. The molecule has 0 N–H and O–H groups in total. The third kappa shape index (κ3) is 4.93. The van der Waals surface area contributed by atoms with Crippen LogP contribution in [0.15, 0.2) is 48.7 Å². The third-order valence-corrected chi connectivity index (χ3v) is 7.32. The van der Waals surface area contributed by atoms with Gasteiger partial charge < -0.3 is 9.80 Å². The molecule has 1 aromatic carbocycles. The number of halogens is 1. The molecule has 0 radical (unpaired) electrons. The van der Waals surface area contributed by atoms with Crippen molar-refractivity contribution in [1.29, 1.82) is 0 Å². The lowest BCUT2D eigenvalue weighted by molar-refractivity contribution is -0.144. The van der Waals surface area contributed by atoms with Crippen LogP contribution < -0.4 is 4.90 Å². The van der Waals surface area contributed by atoms with Crippen molar-refractivity contribution in [2.45, 2.75) is 45.2 Å². The lowest BCUT2D eigenvalue weighted by Crippen LogP contribution is -2.49. The zero-order valence-electron chi connectivity index (χ0n) is 19.1. The lowest BCUT2D eigenvalue weighted by atomic mass is 9.74. The van der Waals surface area contributed by atoms with Crippen molar-refractivity contribution in [1.82, 2.24) is 19.8 Å². The average molecular weight is 450 g/mol. The van der Waals surface area contributed by atoms with E-state index in [4.69, 9.17) is 4.98 Å². The third-order valence-electron chi connectivity index (χ3n) is 7.32. The van der Waals surface area contributed by atoms with Gasteiger partial charge in [0.2, 0.25) is 11.9 Å². The maximum atomic E-state index is 13.6. The Hall–Kier alpha value is -2.80. The predicted octanol–water partition coefficient (Wildman–Crippen LogP) is 3.79. The molecule has 0 atom stereocenters. The van der Waals surface area contributed by atoms with Gasteiger partial charge in [-0.2, -0.15) is 0 Å². The highest BCUT2D eigenvalue weighted by Crippen LogP contribution is 2.39. The number of allylic oxidation sites excluding steroid dienone is 1. The van der Waals surface area contributed by atoms with E-state index in [9.17, 15) is 9.18 Å². The summed E-state index contributed by atoms with van der Waals surface area (Å²) in [6, 6.07) is 8.47. The van der Waals surface area contributed by atoms with E-state index in [-0.39, 0.29) is 17.1 Å². The highest BCUT2D eigenvalue weighted by Gasteiger charge is 2.43. The molecular formula is C26H32FN5O. The molecule has 1 spiro atoms. The van der Waals surface area contributed by atoms with Crippen LogP contribution in [0, 0.1) is 11.2 Å². The summed E-state index contributed by atoms with van der Waals surface area (Å²) in [6.45, 7) is 5.78.